The van der Waals surface area contributed by atoms with Crippen molar-refractivity contribution in [1.29, 1.82) is 0 Å². The SMILES string of the molecule is COc1cc(NC(=O)c2ccn(Cn3cnc([N+](=O)[O-])n3)n2)cc(S(=O)(=O)c2ccc(Cl)cc2)c1. The fourth-order valence-electron chi connectivity index (χ4n) is 3.01. The van der Waals surface area contributed by atoms with Crippen molar-refractivity contribution < 1.29 is 22.9 Å². The molecule has 35 heavy (non-hydrogen) atoms. The molecule has 0 bridgehead atoms. The maximum absolute atomic E-state index is 13.1. The van der Waals surface area contributed by atoms with Gasteiger partial charge in [-0.1, -0.05) is 16.6 Å². The number of nitrogens with one attached hydrogen (secondary N) is 1. The minimum absolute atomic E-state index is 0.0171. The van der Waals surface area contributed by atoms with Gasteiger partial charge >= 0.3 is 5.95 Å². The van der Waals surface area contributed by atoms with E-state index in [1.807, 2.05) is 0 Å². The van der Waals surface area contributed by atoms with Crippen LogP contribution in [0, 0.1) is 10.1 Å². The second kappa shape index (κ2) is 9.52. The van der Waals surface area contributed by atoms with E-state index >= 15 is 0 Å². The first-order valence-electron chi connectivity index (χ1n) is 9.74. The van der Waals surface area contributed by atoms with Crippen molar-refractivity contribution in [3.05, 3.63) is 81.9 Å². The molecule has 4 rings (SSSR count). The fourth-order valence-corrected chi connectivity index (χ4v) is 4.45. The molecule has 0 aliphatic rings. The van der Waals surface area contributed by atoms with Gasteiger partial charge in [-0.25, -0.2) is 13.1 Å². The van der Waals surface area contributed by atoms with Crippen LogP contribution in [0.15, 0.2) is 70.8 Å². The molecular formula is C20H16ClN7O6S. The lowest BCUT2D eigenvalue weighted by molar-refractivity contribution is -0.394. The van der Waals surface area contributed by atoms with E-state index in [-0.39, 0.29) is 33.6 Å². The Morgan fingerprint density at radius 1 is 1.11 bits per heavy atom. The summed E-state index contributed by atoms with van der Waals surface area (Å²) in [5.74, 6) is -0.956. The summed E-state index contributed by atoms with van der Waals surface area (Å²) < 4.78 is 33.8. The summed E-state index contributed by atoms with van der Waals surface area (Å²) in [6.45, 7) is -0.0171. The molecule has 0 saturated carbocycles. The number of amides is 1. The van der Waals surface area contributed by atoms with E-state index in [1.165, 1.54) is 77.5 Å². The predicted octanol–water partition coefficient (Wildman–Crippen LogP) is 2.64. The molecule has 0 radical (unpaired) electrons. The number of carbonyl (C=O) groups is 1. The van der Waals surface area contributed by atoms with Gasteiger partial charge in [0, 0.05) is 28.1 Å². The van der Waals surface area contributed by atoms with E-state index in [4.69, 9.17) is 16.3 Å². The molecule has 0 unspecified atom stereocenters. The average Bonchev–Trinajstić information content (AvgIpc) is 3.49. The normalized spacial score (nSPS) is 11.3. The molecule has 180 valence electrons. The Labute approximate surface area is 203 Å². The van der Waals surface area contributed by atoms with Gasteiger partial charge in [0.05, 0.1) is 16.9 Å². The number of ether oxygens (including phenoxy) is 1. The Morgan fingerprint density at radius 3 is 2.51 bits per heavy atom. The number of sulfone groups is 1. The van der Waals surface area contributed by atoms with Crippen molar-refractivity contribution in [1.82, 2.24) is 24.5 Å². The minimum atomic E-state index is -3.92. The number of methoxy groups -OCH3 is 1. The molecule has 2 aromatic carbocycles. The molecule has 0 aliphatic heterocycles. The number of aromatic nitrogens is 5. The van der Waals surface area contributed by atoms with Gasteiger partial charge in [-0.3, -0.25) is 4.79 Å². The van der Waals surface area contributed by atoms with Crippen LogP contribution in [0.1, 0.15) is 10.5 Å². The number of nitro groups is 1. The van der Waals surface area contributed by atoms with Gasteiger partial charge in [-0.05, 0) is 47.4 Å². The second-order valence-corrected chi connectivity index (χ2v) is 9.42. The van der Waals surface area contributed by atoms with Crippen LogP contribution in [0.4, 0.5) is 11.6 Å². The number of hydrogen-bond donors (Lipinski definition) is 1. The Balaban J connectivity index is 1.54. The second-order valence-electron chi connectivity index (χ2n) is 7.03. The lowest BCUT2D eigenvalue weighted by Crippen LogP contribution is -2.15. The molecule has 13 nitrogen and oxygen atoms in total. The van der Waals surface area contributed by atoms with Crippen molar-refractivity contribution in [3.63, 3.8) is 0 Å². The highest BCUT2D eigenvalue weighted by Crippen LogP contribution is 2.29. The highest BCUT2D eigenvalue weighted by molar-refractivity contribution is 7.91. The monoisotopic (exact) mass is 517 g/mol. The smallest absolute Gasteiger partial charge is 0.491 e. The van der Waals surface area contributed by atoms with Crippen molar-refractivity contribution in [2.45, 2.75) is 16.5 Å². The zero-order valence-electron chi connectivity index (χ0n) is 17.9. The van der Waals surface area contributed by atoms with Crippen LogP contribution in [0.2, 0.25) is 5.02 Å². The Bertz CT molecular complexity index is 1510. The Morgan fingerprint density at radius 2 is 1.86 bits per heavy atom. The summed E-state index contributed by atoms with van der Waals surface area (Å²) >= 11 is 5.85. The predicted molar refractivity (Wildman–Crippen MR) is 122 cm³/mol. The summed E-state index contributed by atoms with van der Waals surface area (Å²) in [6.07, 6.45) is 2.64. The van der Waals surface area contributed by atoms with E-state index in [2.05, 4.69) is 20.5 Å². The van der Waals surface area contributed by atoms with Gasteiger partial charge in [-0.2, -0.15) is 9.78 Å². The van der Waals surface area contributed by atoms with E-state index in [0.29, 0.717) is 5.02 Å². The number of anilines is 1. The summed E-state index contributed by atoms with van der Waals surface area (Å²) in [5.41, 5.74) is 0.188. The first-order chi connectivity index (χ1) is 16.7. The third kappa shape index (κ3) is 5.28. The minimum Gasteiger partial charge on any atom is -0.497 e. The van der Waals surface area contributed by atoms with Crippen molar-refractivity contribution in [3.8, 4) is 5.75 Å². The van der Waals surface area contributed by atoms with Crippen LogP contribution in [0.5, 0.6) is 5.75 Å². The number of halogens is 1. The van der Waals surface area contributed by atoms with Gasteiger partial charge in [0.2, 0.25) is 16.2 Å². The number of nitrogens with zero attached hydrogens (tertiary/aromatic N) is 6. The summed E-state index contributed by atoms with van der Waals surface area (Å²) in [7, 11) is -2.55. The topological polar surface area (TPSA) is 164 Å². The molecule has 2 heterocycles. The van der Waals surface area contributed by atoms with Crippen LogP contribution in [-0.4, -0.2) is 50.9 Å². The zero-order valence-corrected chi connectivity index (χ0v) is 19.5. The van der Waals surface area contributed by atoms with Crippen LogP contribution in [0.25, 0.3) is 0 Å². The van der Waals surface area contributed by atoms with Crippen molar-refractivity contribution in [2.24, 2.45) is 0 Å². The van der Waals surface area contributed by atoms with E-state index in [1.54, 1.807) is 0 Å². The van der Waals surface area contributed by atoms with Gasteiger partial charge < -0.3 is 20.2 Å². The van der Waals surface area contributed by atoms with E-state index < -0.39 is 26.6 Å². The Kier molecular flexibility index (Phi) is 6.48. The van der Waals surface area contributed by atoms with Gasteiger partial charge in [-0.15, -0.1) is 0 Å². The van der Waals surface area contributed by atoms with Crippen LogP contribution >= 0.6 is 11.6 Å². The van der Waals surface area contributed by atoms with Crippen molar-refractivity contribution >= 4 is 39.0 Å². The third-order valence-electron chi connectivity index (χ3n) is 4.66. The molecular weight excluding hydrogens is 502 g/mol. The largest absolute Gasteiger partial charge is 0.497 e. The number of benzene rings is 2. The summed E-state index contributed by atoms with van der Waals surface area (Å²) in [4.78, 5) is 26.2. The Hall–Kier alpha value is -4.30. The average molecular weight is 518 g/mol. The van der Waals surface area contributed by atoms with Crippen LogP contribution in [0.3, 0.4) is 0 Å². The molecule has 0 aliphatic carbocycles. The zero-order chi connectivity index (χ0) is 25.2. The molecule has 0 atom stereocenters. The number of hydrogen-bond acceptors (Lipinski definition) is 9. The molecule has 0 fully saturated rings. The molecule has 1 N–H and O–H groups in total. The molecule has 0 spiro atoms. The number of rotatable bonds is 8. The maximum Gasteiger partial charge on any atom is 0.491 e. The van der Waals surface area contributed by atoms with Gasteiger partial charge in [0.1, 0.15) is 5.75 Å². The molecule has 15 heteroatoms. The highest BCUT2D eigenvalue weighted by atomic mass is 35.5. The summed E-state index contributed by atoms with van der Waals surface area (Å²) in [5, 5.41) is 21.5. The molecule has 0 saturated heterocycles. The third-order valence-corrected chi connectivity index (χ3v) is 6.66. The van der Waals surface area contributed by atoms with E-state index in [0.717, 1.165) is 0 Å². The van der Waals surface area contributed by atoms with Crippen molar-refractivity contribution in [2.75, 3.05) is 12.4 Å². The number of carbonyl (C=O) groups excluding carboxylic acids is 1. The standard InChI is InChI=1S/C20H16ClN7O6S/c1-34-15-8-14(9-17(10-15)35(32,33)16-4-2-13(21)3-5-16)23-19(29)18-6-7-26(24-18)12-27-11-22-20(25-27)28(30)31/h2-11H,12H2,1H3,(H,23,29). The maximum atomic E-state index is 13.1. The molecule has 2 aromatic heterocycles. The highest BCUT2D eigenvalue weighted by Gasteiger charge is 2.21. The van der Waals surface area contributed by atoms with Crippen LogP contribution < -0.4 is 10.1 Å². The first kappa shape index (κ1) is 23.8. The van der Waals surface area contributed by atoms with Crippen LogP contribution in [-0.2, 0) is 16.5 Å². The summed E-state index contributed by atoms with van der Waals surface area (Å²) in [6, 6.07) is 11.2. The molecule has 1 amide bonds. The molecule has 4 aromatic rings. The van der Waals surface area contributed by atoms with Gasteiger partial charge in [0.15, 0.2) is 12.4 Å². The first-order valence-corrected chi connectivity index (χ1v) is 11.6. The lowest BCUT2D eigenvalue weighted by Gasteiger charge is -2.11. The fraction of sp³-hybridized carbons (Fsp3) is 0.100. The lowest BCUT2D eigenvalue weighted by atomic mass is 10.3. The quantitative estimate of drug-likeness (QED) is 0.273. The van der Waals surface area contributed by atoms with E-state index in [9.17, 15) is 23.3 Å². The van der Waals surface area contributed by atoms with Gasteiger partial charge in [0.25, 0.3) is 5.91 Å².